The van der Waals surface area contributed by atoms with Gasteiger partial charge < -0.3 is 5.73 Å². The largest absolute Gasteiger partial charge is 0.330 e. The second-order valence-corrected chi connectivity index (χ2v) is 5.11. The van der Waals surface area contributed by atoms with Crippen molar-refractivity contribution in [2.75, 3.05) is 6.54 Å². The molecule has 0 spiro atoms. The molecule has 0 heterocycles. The molecule has 0 saturated carbocycles. The molecule has 1 unspecified atom stereocenters. The molecule has 0 aliphatic carbocycles. The van der Waals surface area contributed by atoms with Gasteiger partial charge in [-0.15, -0.1) is 0 Å². The Hall–Kier alpha value is -1.38. The molecular weight excluding hydrogens is 261 g/mol. The van der Waals surface area contributed by atoms with Crippen LogP contribution >= 0.6 is 11.6 Å². The first-order valence-corrected chi connectivity index (χ1v) is 6.69. The number of rotatable bonds is 4. The lowest BCUT2D eigenvalue weighted by Gasteiger charge is -2.18. The number of hydrogen-bond acceptors (Lipinski definition) is 1. The second kappa shape index (κ2) is 6.18. The molecule has 1 atom stereocenters. The lowest BCUT2D eigenvalue weighted by Crippen LogP contribution is -2.17. The number of aryl methyl sites for hydroxylation is 1. The molecular formula is C16H17ClFN. The van der Waals surface area contributed by atoms with Crippen LogP contribution in [0.4, 0.5) is 4.39 Å². The minimum Gasteiger partial charge on any atom is -0.330 e. The van der Waals surface area contributed by atoms with Crippen LogP contribution in [-0.2, 0) is 6.42 Å². The molecule has 3 heteroatoms. The lowest BCUT2D eigenvalue weighted by atomic mass is 9.90. The number of halogens is 2. The van der Waals surface area contributed by atoms with Crippen LogP contribution in [0, 0.1) is 12.7 Å². The monoisotopic (exact) mass is 277 g/mol. The third-order valence-corrected chi connectivity index (χ3v) is 3.75. The summed E-state index contributed by atoms with van der Waals surface area (Å²) in [6.07, 6.45) is 0.698. The third kappa shape index (κ3) is 3.14. The van der Waals surface area contributed by atoms with Gasteiger partial charge in [-0.2, -0.15) is 0 Å². The Labute approximate surface area is 118 Å². The summed E-state index contributed by atoms with van der Waals surface area (Å²) in [4.78, 5) is 0. The summed E-state index contributed by atoms with van der Waals surface area (Å²) in [7, 11) is 0. The van der Waals surface area contributed by atoms with E-state index in [-0.39, 0.29) is 11.7 Å². The van der Waals surface area contributed by atoms with E-state index in [1.54, 1.807) is 12.1 Å². The van der Waals surface area contributed by atoms with Crippen LogP contribution in [-0.4, -0.2) is 6.54 Å². The lowest BCUT2D eigenvalue weighted by molar-refractivity contribution is 0.575. The molecule has 100 valence electrons. The van der Waals surface area contributed by atoms with E-state index in [1.165, 1.54) is 17.2 Å². The van der Waals surface area contributed by atoms with Crippen molar-refractivity contribution in [2.45, 2.75) is 19.3 Å². The maximum absolute atomic E-state index is 14.0. The predicted molar refractivity (Wildman–Crippen MR) is 78.1 cm³/mol. The van der Waals surface area contributed by atoms with E-state index >= 15 is 0 Å². The molecule has 2 aromatic rings. The van der Waals surface area contributed by atoms with Gasteiger partial charge in [0.1, 0.15) is 5.82 Å². The van der Waals surface area contributed by atoms with Crippen LogP contribution in [0.25, 0.3) is 0 Å². The quantitative estimate of drug-likeness (QED) is 0.896. The summed E-state index contributed by atoms with van der Waals surface area (Å²) >= 11 is 6.11. The Morgan fingerprint density at radius 2 is 1.89 bits per heavy atom. The summed E-state index contributed by atoms with van der Waals surface area (Å²) < 4.78 is 14.0. The predicted octanol–water partition coefficient (Wildman–Crippen LogP) is 4.07. The molecule has 2 aromatic carbocycles. The van der Waals surface area contributed by atoms with E-state index in [0.29, 0.717) is 23.6 Å². The SMILES string of the molecule is Cc1ccccc1CC(CN)c1c(F)cccc1Cl. The zero-order chi connectivity index (χ0) is 13.8. The van der Waals surface area contributed by atoms with Crippen molar-refractivity contribution in [2.24, 2.45) is 5.73 Å². The smallest absolute Gasteiger partial charge is 0.128 e. The molecule has 0 aliphatic heterocycles. The van der Waals surface area contributed by atoms with Gasteiger partial charge in [-0.1, -0.05) is 41.9 Å². The van der Waals surface area contributed by atoms with Crippen molar-refractivity contribution >= 4 is 11.6 Å². The first-order chi connectivity index (χ1) is 9.13. The zero-order valence-electron chi connectivity index (χ0n) is 10.9. The first kappa shape index (κ1) is 14.0. The average Bonchev–Trinajstić information content (AvgIpc) is 2.39. The highest BCUT2D eigenvalue weighted by Crippen LogP contribution is 2.30. The first-order valence-electron chi connectivity index (χ1n) is 6.32. The highest BCUT2D eigenvalue weighted by molar-refractivity contribution is 6.31. The maximum Gasteiger partial charge on any atom is 0.128 e. The standard InChI is InChI=1S/C16H17ClFN/c1-11-5-2-3-6-12(11)9-13(10-19)16-14(17)7-4-8-15(16)18/h2-8,13H,9-10,19H2,1H3. The molecule has 0 amide bonds. The van der Waals surface area contributed by atoms with Gasteiger partial charge in [0.2, 0.25) is 0 Å². The molecule has 0 aliphatic rings. The highest BCUT2D eigenvalue weighted by Gasteiger charge is 2.18. The van der Waals surface area contributed by atoms with E-state index < -0.39 is 0 Å². The molecule has 0 saturated heterocycles. The Bertz CT molecular complexity index is 548. The Morgan fingerprint density at radius 3 is 2.53 bits per heavy atom. The summed E-state index contributed by atoms with van der Waals surface area (Å²) in [5.41, 5.74) is 8.70. The Balaban J connectivity index is 2.34. The normalized spacial score (nSPS) is 12.4. The minimum absolute atomic E-state index is 0.102. The van der Waals surface area contributed by atoms with E-state index in [4.69, 9.17) is 17.3 Å². The number of benzene rings is 2. The van der Waals surface area contributed by atoms with Gasteiger partial charge in [-0.3, -0.25) is 0 Å². The topological polar surface area (TPSA) is 26.0 Å². The average molecular weight is 278 g/mol. The summed E-state index contributed by atoms with van der Waals surface area (Å²) in [5, 5.41) is 0.448. The van der Waals surface area contributed by atoms with Crippen LogP contribution in [0.5, 0.6) is 0 Å². The molecule has 2 rings (SSSR count). The van der Waals surface area contributed by atoms with Crippen molar-refractivity contribution < 1.29 is 4.39 Å². The molecule has 0 aromatic heterocycles. The van der Waals surface area contributed by atoms with Crippen molar-refractivity contribution in [1.29, 1.82) is 0 Å². The van der Waals surface area contributed by atoms with Crippen molar-refractivity contribution in [3.8, 4) is 0 Å². The van der Waals surface area contributed by atoms with Gasteiger partial charge >= 0.3 is 0 Å². The van der Waals surface area contributed by atoms with Gasteiger partial charge in [0.15, 0.2) is 0 Å². The van der Waals surface area contributed by atoms with Crippen molar-refractivity contribution in [3.63, 3.8) is 0 Å². The van der Waals surface area contributed by atoms with Gasteiger partial charge in [-0.05, 0) is 43.1 Å². The summed E-state index contributed by atoms with van der Waals surface area (Å²) in [6.45, 7) is 2.42. The van der Waals surface area contributed by atoms with Crippen LogP contribution in [0.1, 0.15) is 22.6 Å². The fourth-order valence-electron chi connectivity index (χ4n) is 2.31. The van der Waals surface area contributed by atoms with Crippen LogP contribution < -0.4 is 5.73 Å². The van der Waals surface area contributed by atoms with Gasteiger partial charge in [0, 0.05) is 16.5 Å². The van der Waals surface area contributed by atoms with E-state index in [9.17, 15) is 4.39 Å². The van der Waals surface area contributed by atoms with E-state index in [0.717, 1.165) is 0 Å². The fourth-order valence-corrected chi connectivity index (χ4v) is 2.63. The fraction of sp³-hybridized carbons (Fsp3) is 0.250. The van der Waals surface area contributed by atoms with Crippen LogP contribution in [0.3, 0.4) is 0 Å². The molecule has 1 nitrogen and oxygen atoms in total. The minimum atomic E-state index is -0.281. The second-order valence-electron chi connectivity index (χ2n) is 4.70. The summed E-state index contributed by atoms with van der Waals surface area (Å²) in [5.74, 6) is -0.383. The van der Waals surface area contributed by atoms with Crippen LogP contribution in [0.2, 0.25) is 5.02 Å². The zero-order valence-corrected chi connectivity index (χ0v) is 11.6. The van der Waals surface area contributed by atoms with Gasteiger partial charge in [-0.25, -0.2) is 4.39 Å². The van der Waals surface area contributed by atoms with Crippen molar-refractivity contribution in [3.05, 3.63) is 70.0 Å². The maximum atomic E-state index is 14.0. The molecule has 0 fully saturated rings. The highest BCUT2D eigenvalue weighted by atomic mass is 35.5. The Kier molecular flexibility index (Phi) is 4.56. The van der Waals surface area contributed by atoms with E-state index in [2.05, 4.69) is 0 Å². The van der Waals surface area contributed by atoms with E-state index in [1.807, 2.05) is 31.2 Å². The van der Waals surface area contributed by atoms with Crippen molar-refractivity contribution in [1.82, 2.24) is 0 Å². The molecule has 0 radical (unpaired) electrons. The summed E-state index contributed by atoms with van der Waals surface area (Å²) in [6, 6.07) is 12.8. The van der Waals surface area contributed by atoms with Gasteiger partial charge in [0.05, 0.1) is 0 Å². The number of hydrogen-bond donors (Lipinski definition) is 1. The van der Waals surface area contributed by atoms with Crippen LogP contribution in [0.15, 0.2) is 42.5 Å². The number of nitrogens with two attached hydrogens (primary N) is 1. The molecule has 0 bridgehead atoms. The molecule has 2 N–H and O–H groups in total. The molecule has 19 heavy (non-hydrogen) atoms. The third-order valence-electron chi connectivity index (χ3n) is 3.42. The van der Waals surface area contributed by atoms with Gasteiger partial charge in [0.25, 0.3) is 0 Å². The Morgan fingerprint density at radius 1 is 1.16 bits per heavy atom.